The number of likely N-dealkylation sites (N-methyl/N-ethyl adjacent to an activating group) is 1. The van der Waals surface area contributed by atoms with Crippen LogP contribution in [0.1, 0.15) is 50.4 Å². The second-order valence-electron chi connectivity index (χ2n) is 6.16. The van der Waals surface area contributed by atoms with E-state index in [1.165, 1.54) is 0 Å². The lowest BCUT2D eigenvalue weighted by atomic mass is 10.1. The van der Waals surface area contributed by atoms with Crippen molar-refractivity contribution in [3.8, 4) is 0 Å². The molecule has 1 saturated carbocycles. The molecule has 1 aromatic rings. The molecule has 0 N–H and O–H groups in total. The van der Waals surface area contributed by atoms with Gasteiger partial charge in [0.2, 0.25) is 11.8 Å². The van der Waals surface area contributed by atoms with Gasteiger partial charge in [0.15, 0.2) is 5.82 Å². The van der Waals surface area contributed by atoms with Crippen LogP contribution in [0.25, 0.3) is 0 Å². The smallest absolute Gasteiger partial charge is 0.246 e. The van der Waals surface area contributed by atoms with E-state index in [1.54, 1.807) is 4.90 Å². The first-order valence-corrected chi connectivity index (χ1v) is 8.03. The van der Waals surface area contributed by atoms with Crippen LogP contribution in [0, 0.1) is 0 Å². The lowest BCUT2D eigenvalue weighted by molar-refractivity contribution is -0.136. The Morgan fingerprint density at radius 3 is 2.91 bits per heavy atom. The number of rotatable bonds is 5. The maximum absolute atomic E-state index is 12.2. The highest BCUT2D eigenvalue weighted by Gasteiger charge is 2.38. The van der Waals surface area contributed by atoms with E-state index >= 15 is 0 Å². The zero-order valence-corrected chi connectivity index (χ0v) is 13.5. The molecule has 2 aliphatic rings. The highest BCUT2D eigenvalue weighted by molar-refractivity contribution is 5.78. The van der Waals surface area contributed by atoms with Gasteiger partial charge in [-0.15, -0.1) is 0 Å². The quantitative estimate of drug-likeness (QED) is 0.813. The topological polar surface area (TPSA) is 71.7 Å². The Morgan fingerprint density at radius 1 is 1.45 bits per heavy atom. The second kappa shape index (κ2) is 6.34. The predicted molar refractivity (Wildman–Crippen MR) is 79.3 cm³/mol. The molecular formula is C15H24N4O3. The number of hydrogen-bond donors (Lipinski definition) is 0. The van der Waals surface area contributed by atoms with Crippen molar-refractivity contribution in [1.29, 1.82) is 0 Å². The summed E-state index contributed by atoms with van der Waals surface area (Å²) in [5, 5.41) is 4.09. The molecule has 2 heterocycles. The first-order chi connectivity index (χ1) is 10.6. The molecule has 3 rings (SSSR count). The van der Waals surface area contributed by atoms with E-state index in [2.05, 4.69) is 15.0 Å². The number of hydrogen-bond acceptors (Lipinski definition) is 6. The highest BCUT2D eigenvalue weighted by atomic mass is 16.5. The highest BCUT2D eigenvalue weighted by Crippen LogP contribution is 2.39. The molecule has 0 radical (unpaired) electrons. The molecule has 2 atom stereocenters. The van der Waals surface area contributed by atoms with Crippen LogP contribution >= 0.6 is 0 Å². The number of aromatic nitrogens is 2. The summed E-state index contributed by atoms with van der Waals surface area (Å²) in [4.78, 5) is 20.6. The fraction of sp³-hybridized carbons (Fsp3) is 0.800. The fourth-order valence-corrected chi connectivity index (χ4v) is 2.76. The molecular weight excluding hydrogens is 284 g/mol. The van der Waals surface area contributed by atoms with E-state index in [-0.39, 0.29) is 18.1 Å². The minimum atomic E-state index is -0.150. The van der Waals surface area contributed by atoms with Crippen LogP contribution in [-0.2, 0) is 9.53 Å². The molecule has 7 nitrogen and oxygen atoms in total. The molecule has 1 aliphatic carbocycles. The van der Waals surface area contributed by atoms with E-state index in [0.717, 1.165) is 18.7 Å². The maximum atomic E-state index is 12.2. The van der Waals surface area contributed by atoms with Crippen LogP contribution in [-0.4, -0.2) is 65.2 Å². The van der Waals surface area contributed by atoms with Crippen LogP contribution in [0.4, 0.5) is 0 Å². The van der Waals surface area contributed by atoms with Gasteiger partial charge in [0.1, 0.15) is 6.04 Å². The van der Waals surface area contributed by atoms with Crippen molar-refractivity contribution in [3.63, 3.8) is 0 Å². The van der Waals surface area contributed by atoms with Gasteiger partial charge in [-0.25, -0.2) is 0 Å². The summed E-state index contributed by atoms with van der Waals surface area (Å²) in [6.07, 6.45) is 2.21. The molecule has 1 aliphatic heterocycles. The average molecular weight is 308 g/mol. The standard InChI is InChI=1S/C15H24N4O3/c1-4-18(3)12(20)9-19-7-8-21-10(2)13(19)15-16-14(17-22-15)11-5-6-11/h10-11,13H,4-9H2,1-3H3/t10-,13+/m1/s1. The molecule has 7 heteroatoms. The average Bonchev–Trinajstić information content (AvgIpc) is 3.25. The van der Waals surface area contributed by atoms with Crippen molar-refractivity contribution < 1.29 is 14.1 Å². The van der Waals surface area contributed by atoms with Gasteiger partial charge in [-0.2, -0.15) is 4.98 Å². The Kier molecular flexibility index (Phi) is 4.44. The van der Waals surface area contributed by atoms with Crippen LogP contribution in [0.3, 0.4) is 0 Å². The minimum absolute atomic E-state index is 0.0685. The number of ether oxygens (including phenoxy) is 1. The van der Waals surface area contributed by atoms with Gasteiger partial charge in [0.25, 0.3) is 0 Å². The summed E-state index contributed by atoms with van der Waals surface area (Å²) in [7, 11) is 1.82. The van der Waals surface area contributed by atoms with Crippen molar-refractivity contribution >= 4 is 5.91 Å². The zero-order chi connectivity index (χ0) is 15.7. The van der Waals surface area contributed by atoms with Gasteiger partial charge < -0.3 is 14.2 Å². The van der Waals surface area contributed by atoms with E-state index < -0.39 is 0 Å². The van der Waals surface area contributed by atoms with Gasteiger partial charge in [0.05, 0.1) is 19.3 Å². The molecule has 1 saturated heterocycles. The third kappa shape index (κ3) is 3.15. The van der Waals surface area contributed by atoms with Crippen LogP contribution in [0.5, 0.6) is 0 Å². The molecule has 0 aromatic carbocycles. The lowest BCUT2D eigenvalue weighted by Crippen LogP contribution is -2.48. The first-order valence-electron chi connectivity index (χ1n) is 8.03. The number of nitrogens with zero attached hydrogens (tertiary/aromatic N) is 4. The van der Waals surface area contributed by atoms with E-state index in [4.69, 9.17) is 9.26 Å². The molecule has 2 fully saturated rings. The summed E-state index contributed by atoms with van der Waals surface area (Å²) in [6.45, 7) is 6.33. The molecule has 122 valence electrons. The Hall–Kier alpha value is -1.47. The van der Waals surface area contributed by atoms with Gasteiger partial charge in [-0.05, 0) is 26.7 Å². The van der Waals surface area contributed by atoms with Crippen LogP contribution in [0.15, 0.2) is 4.52 Å². The molecule has 1 aromatic heterocycles. The Bertz CT molecular complexity index is 529. The summed E-state index contributed by atoms with van der Waals surface area (Å²) in [5.74, 6) is 1.92. The summed E-state index contributed by atoms with van der Waals surface area (Å²) >= 11 is 0. The van der Waals surface area contributed by atoms with Gasteiger partial charge in [-0.3, -0.25) is 9.69 Å². The number of amides is 1. The van der Waals surface area contributed by atoms with E-state index in [9.17, 15) is 4.79 Å². The normalized spacial score (nSPS) is 26.1. The SMILES string of the molecule is CCN(C)C(=O)CN1CCO[C@H](C)[C@H]1c1nc(C2CC2)no1. The van der Waals surface area contributed by atoms with Crippen molar-refractivity contribution in [2.24, 2.45) is 0 Å². The van der Waals surface area contributed by atoms with Crippen molar-refractivity contribution in [2.75, 3.05) is 33.3 Å². The van der Waals surface area contributed by atoms with Gasteiger partial charge >= 0.3 is 0 Å². The van der Waals surface area contributed by atoms with Crippen molar-refractivity contribution in [2.45, 2.75) is 44.8 Å². The third-order valence-electron chi connectivity index (χ3n) is 4.49. The fourth-order valence-electron chi connectivity index (χ4n) is 2.76. The van der Waals surface area contributed by atoms with E-state index in [0.29, 0.717) is 38.0 Å². The van der Waals surface area contributed by atoms with Crippen molar-refractivity contribution in [3.05, 3.63) is 11.7 Å². The van der Waals surface area contributed by atoms with Gasteiger partial charge in [0, 0.05) is 26.1 Å². The van der Waals surface area contributed by atoms with Crippen LogP contribution in [0.2, 0.25) is 0 Å². The molecule has 1 amide bonds. The van der Waals surface area contributed by atoms with Crippen LogP contribution < -0.4 is 0 Å². The summed E-state index contributed by atoms with van der Waals surface area (Å²) in [6, 6.07) is -0.150. The molecule has 0 bridgehead atoms. The Labute approximate surface area is 130 Å². The monoisotopic (exact) mass is 308 g/mol. The number of carbonyl (C=O) groups is 1. The van der Waals surface area contributed by atoms with Gasteiger partial charge in [-0.1, -0.05) is 5.16 Å². The zero-order valence-electron chi connectivity index (χ0n) is 13.5. The summed E-state index contributed by atoms with van der Waals surface area (Å²) in [5.41, 5.74) is 0. The minimum Gasteiger partial charge on any atom is -0.375 e. The number of morpholine rings is 1. The predicted octanol–water partition coefficient (Wildman–Crippen LogP) is 1.19. The van der Waals surface area contributed by atoms with Crippen molar-refractivity contribution in [1.82, 2.24) is 19.9 Å². The Morgan fingerprint density at radius 2 is 2.23 bits per heavy atom. The first kappa shape index (κ1) is 15.4. The second-order valence-corrected chi connectivity index (χ2v) is 6.16. The summed E-state index contributed by atoms with van der Waals surface area (Å²) < 4.78 is 11.2. The largest absolute Gasteiger partial charge is 0.375 e. The Balaban J connectivity index is 1.75. The molecule has 0 unspecified atom stereocenters. The lowest BCUT2D eigenvalue weighted by Gasteiger charge is -2.37. The van der Waals surface area contributed by atoms with E-state index in [1.807, 2.05) is 20.9 Å². The molecule has 22 heavy (non-hydrogen) atoms. The third-order valence-corrected chi connectivity index (χ3v) is 4.49. The number of carbonyl (C=O) groups excluding carboxylic acids is 1. The molecule has 0 spiro atoms. The maximum Gasteiger partial charge on any atom is 0.246 e.